The lowest BCUT2D eigenvalue weighted by Gasteiger charge is -2.55. The van der Waals surface area contributed by atoms with Crippen LogP contribution < -0.4 is 0 Å². The van der Waals surface area contributed by atoms with Crippen LogP contribution >= 0.6 is 0 Å². The van der Waals surface area contributed by atoms with Crippen molar-refractivity contribution in [2.24, 2.45) is 22.7 Å². The number of ether oxygens (including phenoxy) is 2. The van der Waals surface area contributed by atoms with Gasteiger partial charge in [0, 0.05) is 18.3 Å². The summed E-state index contributed by atoms with van der Waals surface area (Å²) in [6.07, 6.45) is 7.35. The second kappa shape index (κ2) is 6.15. The van der Waals surface area contributed by atoms with Gasteiger partial charge in [0.1, 0.15) is 5.78 Å². The molecule has 4 aliphatic rings. The Kier molecular flexibility index (Phi) is 4.36. The number of Topliss-reactive ketones (excluding diaryl/α,β-unsaturated/α-hetero) is 1. The maximum Gasteiger partial charge on any atom is 0.303 e. The van der Waals surface area contributed by atoms with E-state index < -0.39 is 17.2 Å². The summed E-state index contributed by atoms with van der Waals surface area (Å²) in [5.74, 6) is -0.313. The van der Waals surface area contributed by atoms with Crippen molar-refractivity contribution >= 4 is 11.8 Å². The van der Waals surface area contributed by atoms with Crippen molar-refractivity contribution in [3.05, 3.63) is 11.6 Å². The molecule has 1 saturated heterocycles. The van der Waals surface area contributed by atoms with Crippen LogP contribution in [-0.4, -0.2) is 34.9 Å². The third kappa shape index (κ3) is 3.07. The lowest BCUT2D eigenvalue weighted by Crippen LogP contribution is -2.52. The van der Waals surface area contributed by atoms with E-state index in [1.807, 2.05) is 20.8 Å². The number of rotatable bonds is 3. The fourth-order valence-electron chi connectivity index (χ4n) is 6.38. The van der Waals surface area contributed by atoms with Crippen molar-refractivity contribution in [2.45, 2.75) is 90.6 Å². The zero-order chi connectivity index (χ0) is 19.6. The summed E-state index contributed by atoms with van der Waals surface area (Å²) in [4.78, 5) is 24.0. The van der Waals surface area contributed by atoms with Crippen molar-refractivity contribution in [3.8, 4) is 0 Å². The van der Waals surface area contributed by atoms with Gasteiger partial charge in [-0.05, 0) is 70.1 Å². The minimum atomic E-state index is -0.827. The van der Waals surface area contributed by atoms with E-state index in [0.717, 1.165) is 25.7 Å². The van der Waals surface area contributed by atoms with Gasteiger partial charge in [0.05, 0.1) is 12.2 Å². The van der Waals surface area contributed by atoms with E-state index in [1.54, 1.807) is 0 Å². The minimum absolute atomic E-state index is 0.0457. The Morgan fingerprint density at radius 1 is 1.22 bits per heavy atom. The summed E-state index contributed by atoms with van der Waals surface area (Å²) in [5, 5.41) is 9.16. The molecule has 1 heterocycles. The standard InChI is InChI=1S/C22H32O5/c1-20(2)26-16-11-15-13-5-6-18(23)22(4,10-8-19(24)25)14(13)7-9-21(15,3)12-17(16)27-20/h7,13,15-17H,5-6,8-12H2,1-4H3,(H,24,25)/t13-,15?,16+,17-,21-,22-/m1/s1. The third-order valence-electron chi connectivity index (χ3n) is 7.78. The predicted octanol–water partition coefficient (Wildman–Crippen LogP) is 4.10. The zero-order valence-electron chi connectivity index (χ0n) is 16.9. The SMILES string of the molecule is CC1(C)O[C@H]2CC3[C@@H]4CCC(=O)[C@](C)(CCC(=O)O)C4=CC[C@]3(C)C[C@H]2O1. The number of hydrogen-bond acceptors (Lipinski definition) is 4. The van der Waals surface area contributed by atoms with Gasteiger partial charge in [-0.2, -0.15) is 0 Å². The molecule has 2 saturated carbocycles. The number of fused-ring (bicyclic) bond motifs is 4. The highest BCUT2D eigenvalue weighted by Gasteiger charge is 2.58. The Hall–Kier alpha value is -1.20. The number of ketones is 1. The van der Waals surface area contributed by atoms with Gasteiger partial charge in [-0.3, -0.25) is 9.59 Å². The van der Waals surface area contributed by atoms with Gasteiger partial charge >= 0.3 is 5.97 Å². The molecule has 1 aliphatic heterocycles. The number of carboxylic acid groups (broad SMARTS) is 1. The predicted molar refractivity (Wildman–Crippen MR) is 100 cm³/mol. The first-order valence-electron chi connectivity index (χ1n) is 10.4. The summed E-state index contributed by atoms with van der Waals surface area (Å²) in [6.45, 7) is 8.32. The van der Waals surface area contributed by atoms with Gasteiger partial charge in [-0.25, -0.2) is 0 Å². The van der Waals surface area contributed by atoms with Gasteiger partial charge in [-0.15, -0.1) is 0 Å². The van der Waals surface area contributed by atoms with Crippen LogP contribution in [0.25, 0.3) is 0 Å². The highest BCUT2D eigenvalue weighted by molar-refractivity contribution is 5.89. The van der Waals surface area contributed by atoms with Crippen LogP contribution in [-0.2, 0) is 19.1 Å². The van der Waals surface area contributed by atoms with Gasteiger partial charge in [0.25, 0.3) is 0 Å². The molecule has 5 nitrogen and oxygen atoms in total. The third-order valence-corrected chi connectivity index (χ3v) is 7.78. The van der Waals surface area contributed by atoms with Crippen LogP contribution in [0.2, 0.25) is 0 Å². The summed E-state index contributed by atoms with van der Waals surface area (Å²) >= 11 is 0. The molecule has 0 spiro atoms. The van der Waals surface area contributed by atoms with Crippen molar-refractivity contribution in [2.75, 3.05) is 0 Å². The van der Waals surface area contributed by atoms with Crippen molar-refractivity contribution in [1.29, 1.82) is 0 Å². The van der Waals surface area contributed by atoms with Crippen LogP contribution in [0.5, 0.6) is 0 Å². The quantitative estimate of drug-likeness (QED) is 0.751. The first kappa shape index (κ1) is 19.1. The average Bonchev–Trinajstić information content (AvgIpc) is 2.86. The fraction of sp³-hybridized carbons (Fsp3) is 0.818. The van der Waals surface area contributed by atoms with Crippen LogP contribution in [0, 0.1) is 22.7 Å². The molecule has 6 atom stereocenters. The lowest BCUT2D eigenvalue weighted by molar-refractivity contribution is -0.146. The second-order valence-corrected chi connectivity index (χ2v) is 10.1. The molecule has 1 N–H and O–H groups in total. The first-order chi connectivity index (χ1) is 12.5. The monoisotopic (exact) mass is 376 g/mol. The lowest BCUT2D eigenvalue weighted by atomic mass is 9.49. The van der Waals surface area contributed by atoms with E-state index in [2.05, 4.69) is 13.0 Å². The van der Waals surface area contributed by atoms with E-state index in [-0.39, 0.29) is 29.8 Å². The molecule has 1 unspecified atom stereocenters. The Bertz CT molecular complexity index is 695. The summed E-state index contributed by atoms with van der Waals surface area (Å²) in [6, 6.07) is 0. The first-order valence-corrected chi connectivity index (χ1v) is 10.4. The number of carbonyl (C=O) groups excluding carboxylic acids is 1. The van der Waals surface area contributed by atoms with Crippen LogP contribution in [0.1, 0.15) is 72.6 Å². The fourth-order valence-corrected chi connectivity index (χ4v) is 6.38. The Morgan fingerprint density at radius 2 is 1.93 bits per heavy atom. The van der Waals surface area contributed by atoms with Crippen LogP contribution in [0.3, 0.4) is 0 Å². The number of hydrogen-bond donors (Lipinski definition) is 1. The van der Waals surface area contributed by atoms with E-state index >= 15 is 0 Å². The minimum Gasteiger partial charge on any atom is -0.481 e. The zero-order valence-corrected chi connectivity index (χ0v) is 16.9. The molecule has 0 amide bonds. The molecule has 3 fully saturated rings. The van der Waals surface area contributed by atoms with Gasteiger partial charge < -0.3 is 14.6 Å². The largest absolute Gasteiger partial charge is 0.481 e. The molecule has 150 valence electrons. The Morgan fingerprint density at radius 3 is 2.63 bits per heavy atom. The summed E-state index contributed by atoms with van der Waals surface area (Å²) in [7, 11) is 0. The number of allylic oxidation sites excluding steroid dienone is 2. The molecule has 0 bridgehead atoms. The number of carboxylic acids is 1. The number of carbonyl (C=O) groups is 2. The molecule has 5 heteroatoms. The van der Waals surface area contributed by atoms with Crippen LogP contribution in [0.4, 0.5) is 0 Å². The molecule has 4 rings (SSSR count). The Labute approximate surface area is 161 Å². The molecule has 0 radical (unpaired) electrons. The van der Waals surface area contributed by atoms with E-state index in [0.29, 0.717) is 24.7 Å². The van der Waals surface area contributed by atoms with Crippen LogP contribution in [0.15, 0.2) is 11.6 Å². The highest BCUT2D eigenvalue weighted by Crippen LogP contribution is 2.61. The van der Waals surface area contributed by atoms with E-state index in [4.69, 9.17) is 14.6 Å². The van der Waals surface area contributed by atoms with Gasteiger partial charge in [-0.1, -0.05) is 18.6 Å². The van der Waals surface area contributed by atoms with Crippen molar-refractivity contribution in [3.63, 3.8) is 0 Å². The maximum absolute atomic E-state index is 12.8. The van der Waals surface area contributed by atoms with Crippen molar-refractivity contribution < 1.29 is 24.2 Å². The molecule has 3 aliphatic carbocycles. The average molecular weight is 376 g/mol. The summed E-state index contributed by atoms with van der Waals surface area (Å²) in [5.41, 5.74) is 0.748. The molecular weight excluding hydrogens is 344 g/mol. The molecule has 0 aromatic heterocycles. The van der Waals surface area contributed by atoms with Gasteiger partial charge in [0.2, 0.25) is 0 Å². The topological polar surface area (TPSA) is 72.8 Å². The highest BCUT2D eigenvalue weighted by atomic mass is 16.7. The smallest absolute Gasteiger partial charge is 0.303 e. The second-order valence-electron chi connectivity index (χ2n) is 10.1. The van der Waals surface area contributed by atoms with Crippen molar-refractivity contribution in [1.82, 2.24) is 0 Å². The molecule has 0 aromatic carbocycles. The molecule has 0 aromatic rings. The number of aliphatic carboxylic acids is 1. The normalized spacial score (nSPS) is 45.5. The Balaban J connectivity index is 1.63. The van der Waals surface area contributed by atoms with E-state index in [1.165, 1.54) is 5.57 Å². The van der Waals surface area contributed by atoms with Gasteiger partial charge in [0.15, 0.2) is 5.79 Å². The van der Waals surface area contributed by atoms with E-state index in [9.17, 15) is 9.59 Å². The molecular formula is C22H32O5. The molecule has 27 heavy (non-hydrogen) atoms. The maximum atomic E-state index is 12.8. The summed E-state index contributed by atoms with van der Waals surface area (Å²) < 4.78 is 12.4.